The number of carbonyl (C=O) groups excluding carboxylic acids is 1. The Balaban J connectivity index is 1.67. The normalized spacial score (nSPS) is 10.8. The molecule has 0 fully saturated rings. The Labute approximate surface area is 158 Å². The molecule has 3 aromatic rings. The minimum atomic E-state index is -0.497. The van der Waals surface area contributed by atoms with Crippen LogP contribution in [0.15, 0.2) is 40.1 Å². The number of nitrogens with zero attached hydrogens (tertiary/aromatic N) is 4. The highest BCUT2D eigenvalue weighted by Crippen LogP contribution is 2.26. The van der Waals surface area contributed by atoms with E-state index in [0.717, 1.165) is 16.9 Å². The van der Waals surface area contributed by atoms with E-state index in [4.69, 9.17) is 4.42 Å². The molecule has 0 spiro atoms. The number of aromatic nitrogens is 3. The molecular formula is C17H17N5O4S. The predicted octanol–water partition coefficient (Wildman–Crippen LogP) is 3.33. The number of hydrogen-bond donors (Lipinski definition) is 1. The number of thioether (sulfide) groups is 1. The van der Waals surface area contributed by atoms with E-state index in [-0.39, 0.29) is 17.3 Å². The first-order valence-corrected chi connectivity index (χ1v) is 8.97. The number of amides is 1. The van der Waals surface area contributed by atoms with Crippen molar-refractivity contribution in [2.45, 2.75) is 19.0 Å². The lowest BCUT2D eigenvalue weighted by atomic mass is 10.2. The van der Waals surface area contributed by atoms with Crippen LogP contribution in [-0.2, 0) is 11.8 Å². The molecule has 9 nitrogen and oxygen atoms in total. The third-order valence-electron chi connectivity index (χ3n) is 3.97. The molecule has 0 saturated carbocycles. The Morgan fingerprint density at radius 1 is 1.33 bits per heavy atom. The summed E-state index contributed by atoms with van der Waals surface area (Å²) in [6.07, 6.45) is 1.58. The van der Waals surface area contributed by atoms with Crippen molar-refractivity contribution in [2.24, 2.45) is 7.05 Å². The average Bonchev–Trinajstić information content (AvgIpc) is 3.20. The zero-order valence-electron chi connectivity index (χ0n) is 14.9. The smallest absolute Gasteiger partial charge is 0.271 e. The van der Waals surface area contributed by atoms with Crippen LogP contribution in [0.4, 0.5) is 11.4 Å². The molecule has 0 aliphatic heterocycles. The first-order valence-electron chi connectivity index (χ1n) is 7.98. The summed E-state index contributed by atoms with van der Waals surface area (Å²) in [6.45, 7) is 3.61. The van der Waals surface area contributed by atoms with Gasteiger partial charge in [-0.25, -0.2) is 0 Å². The van der Waals surface area contributed by atoms with Crippen LogP contribution in [-0.4, -0.2) is 31.3 Å². The second-order valence-corrected chi connectivity index (χ2v) is 6.79. The lowest BCUT2D eigenvalue weighted by molar-refractivity contribution is -0.384. The molecule has 1 aromatic carbocycles. The van der Waals surface area contributed by atoms with Crippen LogP contribution >= 0.6 is 11.8 Å². The van der Waals surface area contributed by atoms with Gasteiger partial charge in [-0.3, -0.25) is 14.9 Å². The van der Waals surface area contributed by atoms with Crippen LogP contribution < -0.4 is 5.32 Å². The number of furan rings is 1. The number of non-ortho nitro benzene ring substituents is 1. The van der Waals surface area contributed by atoms with Crippen LogP contribution in [0, 0.1) is 24.0 Å². The first-order chi connectivity index (χ1) is 12.9. The van der Waals surface area contributed by atoms with Crippen molar-refractivity contribution in [3.8, 4) is 11.4 Å². The summed E-state index contributed by atoms with van der Waals surface area (Å²) in [5.41, 5.74) is 1.93. The fraction of sp³-hybridized carbons (Fsp3) is 0.235. The molecule has 0 unspecified atom stereocenters. The zero-order chi connectivity index (χ0) is 19.6. The highest BCUT2D eigenvalue weighted by Gasteiger charge is 2.16. The molecule has 0 bridgehead atoms. The summed E-state index contributed by atoms with van der Waals surface area (Å²) in [5.74, 6) is 1.20. The predicted molar refractivity (Wildman–Crippen MR) is 101 cm³/mol. The quantitative estimate of drug-likeness (QED) is 0.392. The minimum absolute atomic E-state index is 0.0722. The second-order valence-electron chi connectivity index (χ2n) is 5.85. The Morgan fingerprint density at radius 2 is 2.11 bits per heavy atom. The largest absolute Gasteiger partial charge is 0.469 e. The molecule has 10 heteroatoms. The number of rotatable bonds is 6. The Bertz CT molecular complexity index is 1010. The van der Waals surface area contributed by atoms with E-state index in [9.17, 15) is 14.9 Å². The Morgan fingerprint density at radius 3 is 2.78 bits per heavy atom. The molecule has 3 rings (SSSR count). The van der Waals surface area contributed by atoms with Crippen molar-refractivity contribution in [3.05, 3.63) is 52.0 Å². The van der Waals surface area contributed by atoms with Crippen LogP contribution in [0.1, 0.15) is 11.3 Å². The van der Waals surface area contributed by atoms with Crippen molar-refractivity contribution in [3.63, 3.8) is 0 Å². The molecule has 0 saturated heterocycles. The molecular weight excluding hydrogens is 370 g/mol. The van der Waals surface area contributed by atoms with Crippen molar-refractivity contribution in [1.29, 1.82) is 0 Å². The molecule has 27 heavy (non-hydrogen) atoms. The number of nitro benzene ring substituents is 1. The molecule has 0 atom stereocenters. The van der Waals surface area contributed by atoms with E-state index in [1.165, 1.54) is 23.9 Å². The third-order valence-corrected chi connectivity index (χ3v) is 4.99. The monoisotopic (exact) mass is 387 g/mol. The van der Waals surface area contributed by atoms with Crippen LogP contribution in [0.25, 0.3) is 11.4 Å². The number of nitro groups is 1. The van der Waals surface area contributed by atoms with Gasteiger partial charge in [0.1, 0.15) is 5.76 Å². The van der Waals surface area contributed by atoms with Crippen LogP contribution in [0.5, 0.6) is 0 Å². The van der Waals surface area contributed by atoms with Gasteiger partial charge in [-0.1, -0.05) is 17.8 Å². The van der Waals surface area contributed by atoms with Gasteiger partial charge in [0.05, 0.1) is 28.2 Å². The van der Waals surface area contributed by atoms with Crippen molar-refractivity contribution in [2.75, 3.05) is 11.1 Å². The van der Waals surface area contributed by atoms with Gasteiger partial charge < -0.3 is 14.3 Å². The van der Waals surface area contributed by atoms with E-state index < -0.39 is 4.92 Å². The minimum Gasteiger partial charge on any atom is -0.469 e. The van der Waals surface area contributed by atoms with Gasteiger partial charge in [0, 0.05) is 19.2 Å². The number of anilines is 1. The van der Waals surface area contributed by atoms with Gasteiger partial charge in [0.25, 0.3) is 5.69 Å². The molecule has 1 amide bonds. The van der Waals surface area contributed by atoms with Gasteiger partial charge >= 0.3 is 0 Å². The molecule has 0 radical (unpaired) electrons. The topological polar surface area (TPSA) is 116 Å². The van der Waals surface area contributed by atoms with Crippen LogP contribution in [0.3, 0.4) is 0 Å². The highest BCUT2D eigenvalue weighted by molar-refractivity contribution is 7.99. The summed E-state index contributed by atoms with van der Waals surface area (Å²) in [5, 5.41) is 22.4. The summed E-state index contributed by atoms with van der Waals surface area (Å²) >= 11 is 1.23. The fourth-order valence-corrected chi connectivity index (χ4v) is 3.18. The number of benzene rings is 1. The summed E-state index contributed by atoms with van der Waals surface area (Å²) in [6, 6.07) is 6.16. The molecule has 1 N–H and O–H groups in total. The van der Waals surface area contributed by atoms with Gasteiger partial charge in [-0.15, -0.1) is 10.2 Å². The van der Waals surface area contributed by atoms with E-state index >= 15 is 0 Å². The number of hydrogen-bond acceptors (Lipinski definition) is 7. The van der Waals surface area contributed by atoms with Gasteiger partial charge in [0.2, 0.25) is 5.91 Å². The maximum atomic E-state index is 12.2. The van der Waals surface area contributed by atoms with Crippen molar-refractivity contribution in [1.82, 2.24) is 14.8 Å². The first kappa shape index (κ1) is 18.6. The lowest BCUT2D eigenvalue weighted by Crippen LogP contribution is -2.15. The zero-order valence-corrected chi connectivity index (χ0v) is 15.7. The standard InChI is InChI=1S/C17H17N5O4S/c1-10-4-5-12(22(24)25)8-14(10)18-15(23)9-27-17-20-19-16(21(17)3)13-6-7-26-11(13)2/h4-8H,9H2,1-3H3,(H,18,23). The number of nitrogens with one attached hydrogen (secondary N) is 1. The van der Waals surface area contributed by atoms with Crippen LogP contribution in [0.2, 0.25) is 0 Å². The fourth-order valence-electron chi connectivity index (χ4n) is 2.47. The van der Waals surface area contributed by atoms with E-state index in [1.54, 1.807) is 23.8 Å². The van der Waals surface area contributed by atoms with E-state index in [0.29, 0.717) is 16.7 Å². The SMILES string of the molecule is Cc1ccc([N+](=O)[O-])cc1NC(=O)CSc1nnc(-c2ccoc2C)n1C. The number of carbonyl (C=O) groups is 1. The van der Waals surface area contributed by atoms with Gasteiger partial charge in [0.15, 0.2) is 11.0 Å². The number of aryl methyl sites for hydroxylation is 2. The molecule has 0 aliphatic carbocycles. The van der Waals surface area contributed by atoms with Crippen molar-refractivity contribution >= 4 is 29.0 Å². The molecule has 2 aromatic heterocycles. The summed E-state index contributed by atoms with van der Waals surface area (Å²) in [7, 11) is 1.81. The van der Waals surface area contributed by atoms with E-state index in [2.05, 4.69) is 15.5 Å². The lowest BCUT2D eigenvalue weighted by Gasteiger charge is -2.08. The van der Waals surface area contributed by atoms with Crippen molar-refractivity contribution < 1.29 is 14.1 Å². The molecule has 0 aliphatic rings. The highest BCUT2D eigenvalue weighted by atomic mass is 32.2. The maximum absolute atomic E-state index is 12.2. The third kappa shape index (κ3) is 4.00. The average molecular weight is 387 g/mol. The molecule has 140 valence electrons. The Kier molecular flexibility index (Phi) is 5.26. The maximum Gasteiger partial charge on any atom is 0.271 e. The summed E-state index contributed by atoms with van der Waals surface area (Å²) in [4.78, 5) is 22.6. The van der Waals surface area contributed by atoms with E-state index in [1.807, 2.05) is 20.0 Å². The second kappa shape index (κ2) is 7.62. The summed E-state index contributed by atoms with van der Waals surface area (Å²) < 4.78 is 7.07. The Hall–Kier alpha value is -3.14. The van der Waals surface area contributed by atoms with Gasteiger partial charge in [-0.2, -0.15) is 0 Å². The molecule has 2 heterocycles. The van der Waals surface area contributed by atoms with Gasteiger partial charge in [-0.05, 0) is 25.5 Å².